The number of thiophene rings is 1. The fraction of sp³-hybridized carbons (Fsp3) is 0.261. The van der Waals surface area contributed by atoms with Crippen molar-refractivity contribution in [3.05, 3.63) is 64.4 Å². The maximum atomic E-state index is 12.9. The molecule has 1 aliphatic rings. The molecule has 4 aromatic heterocycles. The Labute approximate surface area is 197 Å². The minimum atomic E-state index is -0.355. The zero-order chi connectivity index (χ0) is 23.1. The van der Waals surface area contributed by atoms with Gasteiger partial charge in [-0.25, -0.2) is 4.98 Å². The first-order valence-electron chi connectivity index (χ1n) is 10.9. The van der Waals surface area contributed by atoms with Gasteiger partial charge in [-0.15, -0.1) is 11.3 Å². The molecule has 6 rings (SSSR count). The number of aromatic nitrogens is 4. The first kappa shape index (κ1) is 20.8. The normalized spacial score (nSPS) is 14.9. The molecule has 0 unspecified atom stereocenters. The molecule has 0 radical (unpaired) electrons. The van der Waals surface area contributed by atoms with Crippen molar-refractivity contribution < 1.29 is 13.7 Å². The smallest absolute Gasteiger partial charge is 0.297 e. The summed E-state index contributed by atoms with van der Waals surface area (Å²) in [4.78, 5) is 39.5. The fourth-order valence-electron chi connectivity index (χ4n) is 4.15. The monoisotopic (exact) mass is 476 g/mol. The van der Waals surface area contributed by atoms with Crippen molar-refractivity contribution in [2.24, 2.45) is 0 Å². The summed E-state index contributed by atoms with van der Waals surface area (Å²) in [5, 5.41) is 6.80. The van der Waals surface area contributed by atoms with Gasteiger partial charge in [-0.1, -0.05) is 23.4 Å². The van der Waals surface area contributed by atoms with Gasteiger partial charge in [0.1, 0.15) is 17.6 Å². The molecule has 1 amide bonds. The number of furan rings is 1. The molecule has 34 heavy (non-hydrogen) atoms. The third kappa shape index (κ3) is 3.78. The van der Waals surface area contributed by atoms with Gasteiger partial charge in [-0.05, 0) is 23.6 Å². The van der Waals surface area contributed by atoms with Gasteiger partial charge in [0.15, 0.2) is 0 Å². The van der Waals surface area contributed by atoms with E-state index < -0.39 is 0 Å². The average molecular weight is 477 g/mol. The second-order valence-corrected chi connectivity index (χ2v) is 9.05. The number of amides is 1. The number of benzene rings is 1. The predicted molar refractivity (Wildman–Crippen MR) is 125 cm³/mol. The number of hydrogen-bond donors (Lipinski definition) is 0. The Balaban J connectivity index is 1.09. The Morgan fingerprint density at radius 2 is 1.94 bits per heavy atom. The second kappa shape index (κ2) is 8.50. The highest BCUT2D eigenvalue weighted by Gasteiger charge is 2.24. The van der Waals surface area contributed by atoms with Crippen molar-refractivity contribution in [2.75, 3.05) is 26.2 Å². The summed E-state index contributed by atoms with van der Waals surface area (Å²) in [6, 6.07) is 11.3. The van der Waals surface area contributed by atoms with Gasteiger partial charge in [0.05, 0.1) is 17.7 Å². The molecular weight excluding hydrogens is 456 g/mol. The first-order chi connectivity index (χ1) is 16.7. The number of carbonyl (C=O) groups is 1. The lowest BCUT2D eigenvalue weighted by molar-refractivity contribution is -0.133. The average Bonchev–Trinajstić information content (AvgIpc) is 3.61. The first-order valence-corrected chi connectivity index (χ1v) is 11.8. The standard InChI is InChI=1S/C23H20N6O4S/c30-19(13-29-14-24-20-15-4-1-2-5-16(15)32-21(20)23(29)31)28-9-7-27(8-10-28)12-18-25-22(26-33-18)17-6-3-11-34-17/h1-6,11,14H,7-10,12-13H2. The van der Waals surface area contributed by atoms with Gasteiger partial charge in [-0.2, -0.15) is 4.98 Å². The zero-order valence-corrected chi connectivity index (χ0v) is 18.9. The number of fused-ring (bicyclic) bond motifs is 3. The molecule has 0 atom stereocenters. The van der Waals surface area contributed by atoms with Crippen LogP contribution in [0.1, 0.15) is 5.89 Å². The molecule has 11 heteroatoms. The molecule has 10 nitrogen and oxygen atoms in total. The van der Waals surface area contributed by atoms with Crippen LogP contribution in [0.5, 0.6) is 0 Å². The third-order valence-electron chi connectivity index (χ3n) is 5.95. The summed E-state index contributed by atoms with van der Waals surface area (Å²) in [5.41, 5.74) is 0.932. The van der Waals surface area contributed by atoms with Gasteiger partial charge in [0.25, 0.3) is 5.56 Å². The van der Waals surface area contributed by atoms with Crippen molar-refractivity contribution in [3.8, 4) is 10.7 Å². The zero-order valence-electron chi connectivity index (χ0n) is 18.1. The highest BCUT2D eigenvalue weighted by Crippen LogP contribution is 2.24. The molecule has 0 spiro atoms. The van der Waals surface area contributed by atoms with Crippen LogP contribution in [0.2, 0.25) is 0 Å². The summed E-state index contributed by atoms with van der Waals surface area (Å²) in [6.07, 6.45) is 1.42. The Morgan fingerprint density at radius 3 is 2.76 bits per heavy atom. The maximum absolute atomic E-state index is 12.9. The van der Waals surface area contributed by atoms with E-state index in [0.717, 1.165) is 10.3 Å². The van der Waals surface area contributed by atoms with Gasteiger partial charge in [0, 0.05) is 31.6 Å². The molecule has 5 aromatic rings. The highest BCUT2D eigenvalue weighted by molar-refractivity contribution is 7.13. The molecule has 0 N–H and O–H groups in total. The number of rotatable bonds is 5. The summed E-state index contributed by atoms with van der Waals surface area (Å²) in [5.74, 6) is 1.02. The summed E-state index contributed by atoms with van der Waals surface area (Å²) in [6.45, 7) is 2.93. The van der Waals surface area contributed by atoms with Crippen LogP contribution in [0.4, 0.5) is 0 Å². The molecule has 1 aliphatic heterocycles. The predicted octanol–water partition coefficient (Wildman–Crippen LogP) is 2.60. The number of piperazine rings is 1. The SMILES string of the molecule is O=C(Cn1cnc2c(oc3ccccc32)c1=O)N1CCN(Cc2nc(-c3cccs3)no2)CC1. The molecule has 0 saturated carbocycles. The van der Waals surface area contributed by atoms with Crippen LogP contribution in [0.15, 0.2) is 61.8 Å². The van der Waals surface area contributed by atoms with Crippen LogP contribution >= 0.6 is 11.3 Å². The van der Waals surface area contributed by atoms with Crippen LogP contribution in [-0.4, -0.2) is 61.6 Å². The molecule has 1 aromatic carbocycles. The Bertz CT molecular complexity index is 1530. The van der Waals surface area contributed by atoms with Gasteiger partial charge >= 0.3 is 0 Å². The van der Waals surface area contributed by atoms with Crippen LogP contribution in [0, 0.1) is 0 Å². The van der Waals surface area contributed by atoms with Crippen LogP contribution in [0.25, 0.3) is 32.8 Å². The summed E-state index contributed by atoms with van der Waals surface area (Å²) in [7, 11) is 0. The largest absolute Gasteiger partial charge is 0.448 e. The highest BCUT2D eigenvalue weighted by atomic mass is 32.1. The molecule has 1 saturated heterocycles. The van der Waals surface area contributed by atoms with E-state index in [1.807, 2.05) is 35.7 Å². The van der Waals surface area contributed by atoms with E-state index in [0.29, 0.717) is 55.5 Å². The quantitative estimate of drug-likeness (QED) is 0.381. The fourth-order valence-corrected chi connectivity index (χ4v) is 4.79. The molecule has 1 fully saturated rings. The van der Waals surface area contributed by atoms with E-state index in [-0.39, 0.29) is 23.6 Å². The van der Waals surface area contributed by atoms with Crippen molar-refractivity contribution in [1.82, 2.24) is 29.5 Å². The minimum Gasteiger partial charge on any atom is -0.448 e. The van der Waals surface area contributed by atoms with E-state index in [1.54, 1.807) is 22.3 Å². The lowest BCUT2D eigenvalue weighted by atomic mass is 10.2. The molecule has 0 aliphatic carbocycles. The summed E-state index contributed by atoms with van der Waals surface area (Å²) >= 11 is 1.56. The Hall–Kier alpha value is -3.83. The van der Waals surface area contributed by atoms with Crippen LogP contribution < -0.4 is 5.56 Å². The number of hydrogen-bond acceptors (Lipinski definition) is 9. The van der Waals surface area contributed by atoms with Crippen molar-refractivity contribution in [2.45, 2.75) is 13.1 Å². The van der Waals surface area contributed by atoms with Gasteiger partial charge < -0.3 is 13.8 Å². The number of para-hydroxylation sites is 1. The van der Waals surface area contributed by atoms with Crippen molar-refractivity contribution in [3.63, 3.8) is 0 Å². The lowest BCUT2D eigenvalue weighted by Crippen LogP contribution is -2.49. The van der Waals surface area contributed by atoms with E-state index >= 15 is 0 Å². The van der Waals surface area contributed by atoms with Crippen LogP contribution in [-0.2, 0) is 17.9 Å². The third-order valence-corrected chi connectivity index (χ3v) is 6.82. The maximum Gasteiger partial charge on any atom is 0.297 e. The van der Waals surface area contributed by atoms with Crippen LogP contribution in [0.3, 0.4) is 0 Å². The van der Waals surface area contributed by atoms with E-state index in [9.17, 15) is 9.59 Å². The van der Waals surface area contributed by atoms with E-state index in [1.165, 1.54) is 10.9 Å². The Kier molecular flexibility index (Phi) is 5.19. The summed E-state index contributed by atoms with van der Waals surface area (Å²) < 4.78 is 12.4. The minimum absolute atomic E-state index is 0.0767. The number of nitrogens with zero attached hydrogens (tertiary/aromatic N) is 6. The second-order valence-electron chi connectivity index (χ2n) is 8.10. The Morgan fingerprint density at radius 1 is 1.09 bits per heavy atom. The van der Waals surface area contributed by atoms with E-state index in [4.69, 9.17) is 8.94 Å². The van der Waals surface area contributed by atoms with Gasteiger partial charge in [-0.3, -0.25) is 19.1 Å². The molecule has 172 valence electrons. The van der Waals surface area contributed by atoms with Crippen molar-refractivity contribution >= 4 is 39.3 Å². The lowest BCUT2D eigenvalue weighted by Gasteiger charge is -2.34. The van der Waals surface area contributed by atoms with Crippen molar-refractivity contribution in [1.29, 1.82) is 0 Å². The topological polar surface area (TPSA) is 110 Å². The molecule has 0 bridgehead atoms. The number of carbonyl (C=O) groups excluding carboxylic acids is 1. The van der Waals surface area contributed by atoms with Gasteiger partial charge in [0.2, 0.25) is 23.2 Å². The molecular formula is C23H20N6O4S. The van der Waals surface area contributed by atoms with E-state index in [2.05, 4.69) is 20.0 Å². The molecule has 5 heterocycles.